The smallest absolute Gasteiger partial charge is 0.367 e. The Morgan fingerprint density at radius 1 is 1.06 bits per heavy atom. The minimum atomic E-state index is -5.46. The quantitative estimate of drug-likeness (QED) is 0.437. The van der Waals surface area contributed by atoms with Crippen molar-refractivity contribution in [3.63, 3.8) is 0 Å². The molecule has 0 aliphatic rings. The van der Waals surface area contributed by atoms with Gasteiger partial charge in [0.25, 0.3) is 5.08 Å². The van der Waals surface area contributed by atoms with Gasteiger partial charge in [-0.3, -0.25) is 9.13 Å². The largest absolute Gasteiger partial charge is 0.369 e. The third kappa shape index (κ3) is 2.97. The predicted molar refractivity (Wildman–Crippen MR) is 54.8 cm³/mol. The third-order valence-electron chi connectivity index (χ3n) is 1.95. The number of rotatable bonds is 4. The van der Waals surface area contributed by atoms with Crippen LogP contribution >= 0.6 is 15.2 Å². The second kappa shape index (κ2) is 4.55. The number of hydrogen-bond acceptors (Lipinski definition) is 5. The molecule has 0 aliphatic carbocycles. The maximum atomic E-state index is 11.0. The Kier molecular flexibility index (Phi) is 3.85. The highest BCUT2D eigenvalue weighted by Gasteiger charge is 2.59. The topological polar surface area (TPSA) is 161 Å². The van der Waals surface area contributed by atoms with Gasteiger partial charge in [-0.25, -0.2) is 9.97 Å². The number of aliphatic hydroxyl groups is 1. The maximum absolute atomic E-state index is 11.0. The van der Waals surface area contributed by atoms with Crippen LogP contribution in [-0.2, 0) is 15.6 Å². The van der Waals surface area contributed by atoms with Crippen LogP contribution < -0.4 is 0 Å². The summed E-state index contributed by atoms with van der Waals surface area (Å²) in [6, 6.07) is 1.40. The molecular formula is C6H10N2O7P2. The van der Waals surface area contributed by atoms with Gasteiger partial charge in [0.15, 0.2) is 0 Å². The number of nitrogens with zero attached hydrogens (tertiary/aromatic N) is 2. The van der Waals surface area contributed by atoms with Gasteiger partial charge < -0.3 is 24.7 Å². The highest BCUT2D eigenvalue weighted by atomic mass is 31.2. The first-order valence-electron chi connectivity index (χ1n) is 4.17. The lowest BCUT2D eigenvalue weighted by molar-refractivity contribution is 0.129. The first kappa shape index (κ1) is 14.4. The Morgan fingerprint density at radius 3 is 1.82 bits per heavy atom. The van der Waals surface area contributed by atoms with Gasteiger partial charge in [-0.15, -0.1) is 0 Å². The molecule has 1 heterocycles. The molecule has 0 bridgehead atoms. The second-order valence-electron chi connectivity index (χ2n) is 3.20. The third-order valence-corrected chi connectivity index (χ3v) is 5.69. The van der Waals surface area contributed by atoms with E-state index in [2.05, 4.69) is 9.97 Å². The summed E-state index contributed by atoms with van der Waals surface area (Å²) in [5.74, 6) is -0.290. The van der Waals surface area contributed by atoms with Crippen LogP contribution in [0.25, 0.3) is 0 Å². The van der Waals surface area contributed by atoms with Crippen LogP contribution in [0.1, 0.15) is 5.82 Å². The van der Waals surface area contributed by atoms with Gasteiger partial charge in [-0.2, -0.15) is 0 Å². The van der Waals surface area contributed by atoms with E-state index in [0.717, 1.165) is 0 Å². The highest BCUT2D eigenvalue weighted by Crippen LogP contribution is 2.68. The van der Waals surface area contributed by atoms with Crippen LogP contribution in [0.4, 0.5) is 0 Å². The molecule has 1 aromatic heterocycles. The molecule has 0 spiro atoms. The molecular weight excluding hydrogens is 274 g/mol. The molecule has 11 heteroatoms. The molecule has 9 nitrogen and oxygen atoms in total. The van der Waals surface area contributed by atoms with E-state index in [1.807, 2.05) is 0 Å². The van der Waals surface area contributed by atoms with Crippen LogP contribution in [0, 0.1) is 0 Å². The van der Waals surface area contributed by atoms with Crippen LogP contribution in [0.2, 0.25) is 0 Å². The fraction of sp³-hybridized carbons (Fsp3) is 0.333. The molecule has 0 aliphatic heterocycles. The van der Waals surface area contributed by atoms with E-state index >= 15 is 0 Å². The molecule has 0 saturated carbocycles. The van der Waals surface area contributed by atoms with Gasteiger partial charge in [0.2, 0.25) is 0 Å². The van der Waals surface area contributed by atoms with Crippen LogP contribution in [-0.4, -0.2) is 39.7 Å². The van der Waals surface area contributed by atoms with E-state index in [-0.39, 0.29) is 5.82 Å². The standard InChI is InChI=1S/C6H10N2O7P2/c9-6(16(10,11)12,17(13,14)15)4-5-7-2-1-3-8-5/h1-3,9H,4H2,(H2,10,11,12)(H2,13,14,15). The maximum Gasteiger partial charge on any atom is 0.369 e. The van der Waals surface area contributed by atoms with Crippen LogP contribution in [0.15, 0.2) is 18.5 Å². The monoisotopic (exact) mass is 284 g/mol. The average molecular weight is 284 g/mol. The minimum absolute atomic E-state index is 0.290. The summed E-state index contributed by atoms with van der Waals surface area (Å²) < 4.78 is 22.0. The lowest BCUT2D eigenvalue weighted by Gasteiger charge is -2.28. The molecule has 0 saturated heterocycles. The molecule has 96 valence electrons. The summed E-state index contributed by atoms with van der Waals surface area (Å²) in [5, 5.41) is 6.02. The zero-order chi connectivity index (χ0) is 13.3. The summed E-state index contributed by atoms with van der Waals surface area (Å²) in [7, 11) is -10.9. The normalized spacial score (nSPS) is 13.7. The van der Waals surface area contributed by atoms with Gasteiger partial charge in [-0.05, 0) is 6.07 Å². The van der Waals surface area contributed by atoms with E-state index in [4.69, 9.17) is 19.6 Å². The van der Waals surface area contributed by atoms with Crippen molar-refractivity contribution in [3.8, 4) is 0 Å². The van der Waals surface area contributed by atoms with Crippen molar-refractivity contribution in [2.45, 2.75) is 11.5 Å². The number of hydrogen-bond donors (Lipinski definition) is 5. The predicted octanol–water partition coefficient (Wildman–Crippen LogP) is -0.979. The Bertz CT molecular complexity index is 458. The second-order valence-corrected chi connectivity index (χ2v) is 7.21. The highest BCUT2D eigenvalue weighted by molar-refractivity contribution is 7.72. The molecule has 17 heavy (non-hydrogen) atoms. The van der Waals surface area contributed by atoms with E-state index < -0.39 is 26.7 Å². The molecule has 0 unspecified atom stereocenters. The molecule has 1 rings (SSSR count). The molecule has 0 radical (unpaired) electrons. The first-order chi connectivity index (χ1) is 7.58. The van der Waals surface area contributed by atoms with Crippen molar-refractivity contribution in [3.05, 3.63) is 24.3 Å². The lowest BCUT2D eigenvalue weighted by Crippen LogP contribution is -2.32. The first-order valence-corrected chi connectivity index (χ1v) is 7.40. The van der Waals surface area contributed by atoms with E-state index in [1.54, 1.807) is 0 Å². The van der Waals surface area contributed by atoms with Gasteiger partial charge in [0.1, 0.15) is 5.82 Å². The molecule has 0 amide bonds. The van der Waals surface area contributed by atoms with Gasteiger partial charge >= 0.3 is 15.2 Å². The minimum Gasteiger partial charge on any atom is -0.367 e. The fourth-order valence-electron chi connectivity index (χ4n) is 1.01. The van der Waals surface area contributed by atoms with Crippen LogP contribution in [0.3, 0.4) is 0 Å². The molecule has 0 fully saturated rings. The van der Waals surface area contributed by atoms with Crippen molar-refractivity contribution in [2.75, 3.05) is 0 Å². The van der Waals surface area contributed by atoms with Gasteiger partial charge in [-0.1, -0.05) is 0 Å². The summed E-state index contributed by atoms with van der Waals surface area (Å²) in [5.41, 5.74) is 0. The van der Waals surface area contributed by atoms with Gasteiger partial charge in [0.05, 0.1) is 6.42 Å². The average Bonchev–Trinajstić information content (AvgIpc) is 2.15. The van der Waals surface area contributed by atoms with E-state index in [1.165, 1.54) is 18.5 Å². The SMILES string of the molecule is O=P(O)(O)C(O)(Cc1ncccn1)P(=O)(O)O. The Balaban J connectivity index is 3.20. The van der Waals surface area contributed by atoms with E-state index in [0.29, 0.717) is 0 Å². The summed E-state index contributed by atoms with van der Waals surface area (Å²) in [6.45, 7) is 0. The zero-order valence-corrected chi connectivity index (χ0v) is 10.1. The van der Waals surface area contributed by atoms with Crippen molar-refractivity contribution >= 4 is 15.2 Å². The van der Waals surface area contributed by atoms with Crippen LogP contribution in [0.5, 0.6) is 0 Å². The Labute approximate surface area is 95.5 Å². The molecule has 5 N–H and O–H groups in total. The van der Waals surface area contributed by atoms with Crippen molar-refractivity contribution in [1.29, 1.82) is 0 Å². The summed E-state index contributed by atoms with van der Waals surface area (Å²) in [6.07, 6.45) is 1.37. The van der Waals surface area contributed by atoms with Gasteiger partial charge in [0, 0.05) is 12.4 Å². The number of aromatic nitrogens is 2. The lowest BCUT2D eigenvalue weighted by atomic mass is 10.4. The molecule has 0 aromatic carbocycles. The van der Waals surface area contributed by atoms with Crippen molar-refractivity contribution in [2.24, 2.45) is 0 Å². The Hall–Kier alpha value is -0.660. The van der Waals surface area contributed by atoms with E-state index in [9.17, 15) is 14.2 Å². The summed E-state index contributed by atoms with van der Waals surface area (Å²) in [4.78, 5) is 42.5. The Morgan fingerprint density at radius 2 is 1.47 bits per heavy atom. The van der Waals surface area contributed by atoms with Crippen molar-refractivity contribution in [1.82, 2.24) is 9.97 Å². The molecule has 1 aromatic rings. The fourth-order valence-corrected chi connectivity index (χ4v) is 3.06. The zero-order valence-electron chi connectivity index (χ0n) is 8.28. The molecule has 0 atom stereocenters. The van der Waals surface area contributed by atoms with Crippen molar-refractivity contribution < 1.29 is 33.8 Å². The summed E-state index contributed by atoms with van der Waals surface area (Å²) >= 11 is 0.